The smallest absolute Gasteiger partial charge is 0.261 e. The van der Waals surface area contributed by atoms with Gasteiger partial charge in [0, 0.05) is 30.1 Å². The number of fused-ring (bicyclic) bond motifs is 2. The molecule has 6 aromatic rings. The molecule has 0 spiro atoms. The number of carbonyl (C=O) groups is 1. The van der Waals surface area contributed by atoms with Gasteiger partial charge >= 0.3 is 0 Å². The number of nitrogens with one attached hydrogen (secondary N) is 1. The highest BCUT2D eigenvalue weighted by Gasteiger charge is 2.21. The lowest BCUT2D eigenvalue weighted by Crippen LogP contribution is -2.24. The molecule has 0 aliphatic heterocycles. The van der Waals surface area contributed by atoms with Gasteiger partial charge < -0.3 is 19.5 Å². The first-order valence-corrected chi connectivity index (χ1v) is 13.0. The van der Waals surface area contributed by atoms with E-state index < -0.39 is 40.2 Å². The number of anilines is 1. The van der Waals surface area contributed by atoms with Crippen LogP contribution >= 0.6 is 0 Å². The first-order chi connectivity index (χ1) is 21.7. The second-order valence-corrected chi connectivity index (χ2v) is 9.47. The van der Waals surface area contributed by atoms with Gasteiger partial charge in [-0.3, -0.25) is 14.2 Å². The molecule has 6 rings (SSSR count). The van der Waals surface area contributed by atoms with E-state index in [2.05, 4.69) is 20.3 Å². The van der Waals surface area contributed by atoms with Crippen LogP contribution in [0.5, 0.6) is 23.1 Å². The summed E-state index contributed by atoms with van der Waals surface area (Å²) in [5.74, 6) is -4.11. The van der Waals surface area contributed by atoms with Crippen LogP contribution in [0.2, 0.25) is 0 Å². The highest BCUT2D eigenvalue weighted by molar-refractivity contribution is 6.05. The van der Waals surface area contributed by atoms with Gasteiger partial charge in [0.15, 0.2) is 23.1 Å². The van der Waals surface area contributed by atoms with Gasteiger partial charge in [0.1, 0.15) is 35.0 Å². The van der Waals surface area contributed by atoms with Crippen LogP contribution < -0.4 is 25.0 Å². The van der Waals surface area contributed by atoms with Gasteiger partial charge in [0.25, 0.3) is 5.91 Å². The Morgan fingerprint density at radius 1 is 0.800 bits per heavy atom. The largest absolute Gasteiger partial charge is 0.493 e. The Kier molecular flexibility index (Phi) is 7.46. The van der Waals surface area contributed by atoms with Gasteiger partial charge in [0.05, 0.1) is 42.4 Å². The Labute approximate surface area is 250 Å². The molecule has 3 aromatic carbocycles. The number of amides is 1. The van der Waals surface area contributed by atoms with Crippen LogP contribution in [0.4, 0.5) is 23.2 Å². The lowest BCUT2D eigenvalue weighted by Gasteiger charge is -2.14. The fourth-order valence-electron chi connectivity index (χ4n) is 4.61. The van der Waals surface area contributed by atoms with E-state index >= 15 is 4.39 Å². The molecule has 1 N–H and O–H groups in total. The van der Waals surface area contributed by atoms with Crippen molar-refractivity contribution < 1.29 is 36.6 Å². The fourth-order valence-corrected chi connectivity index (χ4v) is 4.61. The van der Waals surface area contributed by atoms with E-state index in [0.29, 0.717) is 28.5 Å². The number of ether oxygens (including phenoxy) is 3. The van der Waals surface area contributed by atoms with Crippen LogP contribution in [-0.2, 0) is 0 Å². The molecule has 0 unspecified atom stereocenters. The Morgan fingerprint density at radius 2 is 1.58 bits per heavy atom. The van der Waals surface area contributed by atoms with Crippen LogP contribution in [-0.4, -0.2) is 39.6 Å². The van der Waals surface area contributed by atoms with Gasteiger partial charge in [-0.05, 0) is 36.4 Å². The molecule has 0 radical (unpaired) electrons. The summed E-state index contributed by atoms with van der Waals surface area (Å²) in [6.07, 6.45) is 3.02. The maximum Gasteiger partial charge on any atom is 0.261 e. The quantitative estimate of drug-likeness (QED) is 0.219. The van der Waals surface area contributed by atoms with Crippen molar-refractivity contribution in [3.05, 3.63) is 112 Å². The van der Waals surface area contributed by atoms with Gasteiger partial charge in [0.2, 0.25) is 11.3 Å². The predicted octanol–water partition coefficient (Wildman–Crippen LogP) is 5.95. The lowest BCUT2D eigenvalue weighted by molar-refractivity contribution is 0.102. The molecule has 10 nitrogen and oxygen atoms in total. The molecule has 0 fully saturated rings. The first-order valence-electron chi connectivity index (χ1n) is 13.0. The number of nitrogens with zero attached hydrogens (tertiary/aromatic N) is 4. The normalized spacial score (nSPS) is 11.1. The zero-order valence-electron chi connectivity index (χ0n) is 23.3. The minimum absolute atomic E-state index is 0.0159. The van der Waals surface area contributed by atoms with Crippen LogP contribution in [0.15, 0.2) is 78.1 Å². The van der Waals surface area contributed by atoms with E-state index in [1.54, 1.807) is 12.1 Å². The zero-order valence-corrected chi connectivity index (χ0v) is 23.3. The molecule has 0 aliphatic carbocycles. The highest BCUT2D eigenvalue weighted by atomic mass is 19.1. The molecule has 0 saturated carbocycles. The summed E-state index contributed by atoms with van der Waals surface area (Å²) in [7, 11) is 2.92. The van der Waals surface area contributed by atoms with E-state index in [0.717, 1.165) is 41.2 Å². The Hall–Kier alpha value is -6.05. The summed E-state index contributed by atoms with van der Waals surface area (Å²) in [5.41, 5.74) is -1.52. The topological polar surface area (TPSA) is 117 Å². The van der Waals surface area contributed by atoms with E-state index in [4.69, 9.17) is 14.2 Å². The number of hydrogen-bond acceptors (Lipinski definition) is 8. The van der Waals surface area contributed by atoms with Crippen molar-refractivity contribution in [1.29, 1.82) is 0 Å². The van der Waals surface area contributed by atoms with Crippen molar-refractivity contribution in [2.45, 2.75) is 0 Å². The van der Waals surface area contributed by atoms with Crippen molar-refractivity contribution in [2.24, 2.45) is 0 Å². The molecule has 45 heavy (non-hydrogen) atoms. The van der Waals surface area contributed by atoms with Crippen LogP contribution in [0.1, 0.15) is 10.4 Å². The number of pyridine rings is 2. The van der Waals surface area contributed by atoms with Gasteiger partial charge in [-0.15, -0.1) is 0 Å². The minimum Gasteiger partial charge on any atom is -0.493 e. The number of carbonyl (C=O) groups excluding carboxylic acids is 1. The number of hydrogen-bond donors (Lipinski definition) is 1. The number of benzene rings is 3. The maximum atomic E-state index is 15.2. The summed E-state index contributed by atoms with van der Waals surface area (Å²) < 4.78 is 74.8. The highest BCUT2D eigenvalue weighted by Crippen LogP contribution is 2.36. The molecule has 0 saturated heterocycles. The van der Waals surface area contributed by atoms with Crippen LogP contribution in [0.25, 0.3) is 27.6 Å². The van der Waals surface area contributed by atoms with E-state index in [1.807, 2.05) is 0 Å². The van der Waals surface area contributed by atoms with Crippen molar-refractivity contribution in [2.75, 3.05) is 19.5 Å². The molecule has 0 bridgehead atoms. The fraction of sp³-hybridized carbons (Fsp3) is 0.0645. The monoisotopic (exact) mass is 617 g/mol. The van der Waals surface area contributed by atoms with E-state index in [1.165, 1.54) is 32.7 Å². The SMILES string of the molecule is COc1cc2ncnc(Oc3ccc(NC(=O)c4cn(-c5ccc(F)cc5F)c5ncc(F)cc5c4=O)cc3F)c2cc1OC. The van der Waals surface area contributed by atoms with Crippen LogP contribution in [0, 0.1) is 23.3 Å². The molecule has 3 aromatic heterocycles. The summed E-state index contributed by atoms with van der Waals surface area (Å²) in [6, 6.07) is 10.1. The average molecular weight is 618 g/mol. The third kappa shape index (κ3) is 5.44. The lowest BCUT2D eigenvalue weighted by atomic mass is 10.1. The number of aromatic nitrogens is 4. The molecule has 0 aliphatic rings. The van der Waals surface area contributed by atoms with Crippen molar-refractivity contribution in [1.82, 2.24) is 19.5 Å². The summed E-state index contributed by atoms with van der Waals surface area (Å²) >= 11 is 0. The molecule has 0 atom stereocenters. The van der Waals surface area contributed by atoms with E-state index in [-0.39, 0.29) is 34.0 Å². The second kappa shape index (κ2) is 11.6. The third-order valence-electron chi connectivity index (χ3n) is 6.72. The Morgan fingerprint density at radius 3 is 2.31 bits per heavy atom. The average Bonchev–Trinajstić information content (AvgIpc) is 3.02. The third-order valence-corrected chi connectivity index (χ3v) is 6.72. The van der Waals surface area contributed by atoms with E-state index in [9.17, 15) is 22.8 Å². The molecular formula is C31H19F4N5O5. The molecule has 226 valence electrons. The molecule has 1 amide bonds. The van der Waals surface area contributed by atoms with Crippen molar-refractivity contribution >= 4 is 33.5 Å². The summed E-state index contributed by atoms with van der Waals surface area (Å²) in [6.45, 7) is 0. The van der Waals surface area contributed by atoms with Gasteiger partial charge in [-0.25, -0.2) is 32.5 Å². The number of methoxy groups -OCH3 is 2. The predicted molar refractivity (Wildman–Crippen MR) is 154 cm³/mol. The van der Waals surface area contributed by atoms with Crippen molar-refractivity contribution in [3.8, 4) is 28.8 Å². The molecular weight excluding hydrogens is 598 g/mol. The summed E-state index contributed by atoms with van der Waals surface area (Å²) in [5, 5.41) is 2.46. The zero-order chi connectivity index (χ0) is 31.8. The standard InChI is InChI=1S/C31H19F4N5O5/c1-43-26-10-18-23(11-27(26)44-2)37-14-38-31(18)45-25-6-4-17(9-22(25)35)39-30(42)20-13-40(24-5-3-15(32)8-21(24)34)29-19(28(20)41)7-16(33)12-36-29/h3-14H,1-2H3,(H,39,42). The number of rotatable bonds is 7. The van der Waals surface area contributed by atoms with Crippen LogP contribution in [0.3, 0.4) is 0 Å². The summed E-state index contributed by atoms with van der Waals surface area (Å²) in [4.78, 5) is 38.6. The minimum atomic E-state index is -1.02. The first kappa shape index (κ1) is 29.0. The van der Waals surface area contributed by atoms with Gasteiger partial charge in [-0.2, -0.15) is 0 Å². The maximum absolute atomic E-state index is 15.2. The Bertz CT molecular complexity index is 2210. The second-order valence-electron chi connectivity index (χ2n) is 9.47. The molecule has 3 heterocycles. The molecule has 14 heteroatoms. The van der Waals surface area contributed by atoms with Crippen molar-refractivity contribution in [3.63, 3.8) is 0 Å². The Balaban J connectivity index is 1.33. The van der Waals surface area contributed by atoms with Gasteiger partial charge in [-0.1, -0.05) is 0 Å². The number of halogens is 4.